The number of methoxy groups -OCH3 is 3. The number of aromatic nitrogens is 1. The number of rotatable bonds is 11. The monoisotopic (exact) mass is 940 g/mol. The number of aliphatic carboxylic acids is 2. The van der Waals surface area contributed by atoms with E-state index in [1.54, 1.807) is 5.38 Å². The molecule has 22 nitrogen and oxygen atoms in total. The Balaban J connectivity index is 0.000000294. The van der Waals surface area contributed by atoms with Crippen LogP contribution in [0.1, 0.15) is 37.5 Å². The number of carbonyl (C=O) groups is 4. The van der Waals surface area contributed by atoms with E-state index in [4.69, 9.17) is 51.5 Å². The Labute approximate surface area is 363 Å². The third kappa shape index (κ3) is 13.5. The normalized spacial score (nSPS) is 10.6. The van der Waals surface area contributed by atoms with Gasteiger partial charge in [0.15, 0.2) is 28.7 Å². The summed E-state index contributed by atoms with van der Waals surface area (Å²) in [6.07, 6.45) is -4.31. The second-order valence-corrected chi connectivity index (χ2v) is 12.9. The summed E-state index contributed by atoms with van der Waals surface area (Å²) in [4.78, 5) is 64.7. The van der Waals surface area contributed by atoms with Crippen molar-refractivity contribution in [3.63, 3.8) is 0 Å². The van der Waals surface area contributed by atoms with Gasteiger partial charge in [0, 0.05) is 12.1 Å². The number of phenolic OH excluding ortho intramolecular Hbond substituents is 3. The van der Waals surface area contributed by atoms with E-state index in [9.17, 15) is 67.9 Å². The topological polar surface area (TPSA) is 361 Å². The highest BCUT2D eigenvalue weighted by molar-refractivity contribution is 7.17. The van der Waals surface area contributed by atoms with Gasteiger partial charge in [-0.3, -0.25) is 25.0 Å². The van der Waals surface area contributed by atoms with E-state index in [2.05, 4.69) is 4.98 Å². The highest BCUT2D eigenvalue weighted by Crippen LogP contribution is 2.39. The number of aromatic carboxylic acids is 2. The number of carboxylic acid groups (broad SMARTS) is 4. The second kappa shape index (κ2) is 22.4. The fourth-order valence-corrected chi connectivity index (χ4v) is 5.78. The lowest BCUT2D eigenvalue weighted by Gasteiger charge is -2.10. The van der Waals surface area contributed by atoms with Crippen LogP contribution < -0.4 is 14.2 Å². The van der Waals surface area contributed by atoms with Gasteiger partial charge in [0.05, 0.1) is 58.9 Å². The van der Waals surface area contributed by atoms with Crippen molar-refractivity contribution in [3.05, 3.63) is 113 Å². The van der Waals surface area contributed by atoms with Crippen LogP contribution in [0.2, 0.25) is 5.02 Å². The van der Waals surface area contributed by atoms with Crippen LogP contribution in [-0.4, -0.2) is 95.8 Å². The SMILES string of the molecule is COc1cc(C=C(C#N)C(=O)O)cc(O)c1O.COc1ccc(C(=O)O)c(Cl)c1OC.O=C(O)Cc1cc([N+](=O)[O-])c(O)c([N+](=O)[O-])c1.O=C(O)c1cc2sccc2nc1C(F)(F)F. The predicted octanol–water partition coefficient (Wildman–Crippen LogP) is 7.00. The fraction of sp³-hybridized carbons (Fsp3) is 0.135. The van der Waals surface area contributed by atoms with Crippen molar-refractivity contribution < 1.29 is 92.2 Å². The van der Waals surface area contributed by atoms with Gasteiger partial charge in [-0.15, -0.1) is 11.3 Å². The van der Waals surface area contributed by atoms with Crippen molar-refractivity contribution in [2.24, 2.45) is 0 Å². The summed E-state index contributed by atoms with van der Waals surface area (Å²) in [5.74, 6) is -6.77. The molecule has 3 aromatic carbocycles. The molecule has 0 saturated carbocycles. The van der Waals surface area contributed by atoms with E-state index in [-0.39, 0.29) is 38.7 Å². The number of halogens is 4. The lowest BCUT2D eigenvalue weighted by molar-refractivity contribution is -0.396. The molecule has 2 aromatic heterocycles. The van der Waals surface area contributed by atoms with Crippen molar-refractivity contribution in [1.82, 2.24) is 4.98 Å². The molecule has 338 valence electrons. The number of nitrogens with zero attached hydrogens (tertiary/aromatic N) is 4. The first kappa shape index (κ1) is 51.7. The number of thiophene rings is 1. The lowest BCUT2D eigenvalue weighted by atomic mass is 10.1. The number of hydrogen-bond acceptors (Lipinski definition) is 17. The average Bonchev–Trinajstić information content (AvgIpc) is 3.69. The molecule has 0 unspecified atom stereocenters. The van der Waals surface area contributed by atoms with Gasteiger partial charge in [-0.1, -0.05) is 11.6 Å². The minimum Gasteiger partial charge on any atom is -0.504 e. The summed E-state index contributed by atoms with van der Waals surface area (Å²) in [7, 11) is 4.13. The highest BCUT2D eigenvalue weighted by Gasteiger charge is 2.38. The number of phenols is 3. The van der Waals surface area contributed by atoms with E-state index < -0.39 is 91.8 Å². The fourth-order valence-electron chi connectivity index (χ4n) is 4.71. The maximum Gasteiger partial charge on any atom is 0.434 e. The molecule has 0 radical (unpaired) electrons. The van der Waals surface area contributed by atoms with Gasteiger partial charge in [0.25, 0.3) is 5.75 Å². The summed E-state index contributed by atoms with van der Waals surface area (Å²) >= 11 is 6.95. The van der Waals surface area contributed by atoms with Crippen molar-refractivity contribution >= 4 is 74.5 Å². The molecule has 0 spiro atoms. The molecule has 0 aliphatic rings. The Morgan fingerprint density at radius 1 is 0.844 bits per heavy atom. The molecule has 64 heavy (non-hydrogen) atoms. The molecule has 5 rings (SSSR count). The summed E-state index contributed by atoms with van der Waals surface area (Å²) in [6, 6.07) is 10.8. The maximum atomic E-state index is 12.5. The third-order valence-corrected chi connectivity index (χ3v) is 8.72. The van der Waals surface area contributed by atoms with Gasteiger partial charge in [-0.05, 0) is 59.0 Å². The lowest BCUT2D eigenvalue weighted by Crippen LogP contribution is -2.15. The average molecular weight is 941 g/mol. The van der Waals surface area contributed by atoms with Crippen LogP contribution in [0.5, 0.6) is 34.5 Å². The molecule has 0 fully saturated rings. The molecule has 0 aliphatic carbocycles. The van der Waals surface area contributed by atoms with Crippen molar-refractivity contribution in [2.45, 2.75) is 12.6 Å². The first-order valence-corrected chi connectivity index (χ1v) is 17.7. The Hall–Kier alpha value is -8.44. The van der Waals surface area contributed by atoms with Crippen LogP contribution >= 0.6 is 22.9 Å². The van der Waals surface area contributed by atoms with E-state index in [1.807, 2.05) is 0 Å². The quantitative estimate of drug-likeness (QED) is 0.0230. The zero-order chi connectivity index (χ0) is 48.8. The van der Waals surface area contributed by atoms with E-state index in [1.165, 1.54) is 51.7 Å². The predicted molar refractivity (Wildman–Crippen MR) is 213 cm³/mol. The van der Waals surface area contributed by atoms with Crippen LogP contribution in [0.15, 0.2) is 59.5 Å². The number of hydrogen-bond donors (Lipinski definition) is 7. The number of nitro groups is 2. The van der Waals surface area contributed by atoms with E-state index >= 15 is 0 Å². The van der Waals surface area contributed by atoms with E-state index in [0.29, 0.717) is 10.4 Å². The Morgan fingerprint density at radius 3 is 1.84 bits per heavy atom. The molecule has 0 bridgehead atoms. The molecule has 0 saturated heterocycles. The molecule has 0 atom stereocenters. The minimum atomic E-state index is -4.76. The van der Waals surface area contributed by atoms with Crippen LogP contribution in [-0.2, 0) is 22.2 Å². The number of nitro benzene ring substituents is 2. The first-order valence-electron chi connectivity index (χ1n) is 16.5. The third-order valence-electron chi connectivity index (χ3n) is 7.49. The molecule has 2 heterocycles. The Bertz CT molecular complexity index is 2670. The molecule has 0 aliphatic heterocycles. The van der Waals surface area contributed by atoms with Gasteiger partial charge in [0.2, 0.25) is 5.75 Å². The summed E-state index contributed by atoms with van der Waals surface area (Å²) < 4.78 is 52.6. The number of pyridine rings is 1. The Kier molecular flexibility index (Phi) is 18.1. The van der Waals surface area contributed by atoms with Gasteiger partial charge >= 0.3 is 41.4 Å². The zero-order valence-electron chi connectivity index (χ0n) is 32.3. The van der Waals surface area contributed by atoms with Crippen LogP contribution in [0, 0.1) is 31.6 Å². The number of nitriles is 1. The molecule has 0 amide bonds. The Morgan fingerprint density at radius 2 is 1.41 bits per heavy atom. The largest absolute Gasteiger partial charge is 0.504 e. The summed E-state index contributed by atoms with van der Waals surface area (Å²) in [5.41, 5.74) is -4.20. The number of carboxylic acids is 4. The number of ether oxygens (including phenoxy) is 3. The molecule has 7 N–H and O–H groups in total. The molecular formula is C37H28ClF3N4O18S. The van der Waals surface area contributed by atoms with Crippen LogP contribution in [0.3, 0.4) is 0 Å². The number of alkyl halides is 3. The number of aromatic hydroxyl groups is 3. The molecule has 5 aromatic rings. The standard InChI is InChI=1S/C11H9NO5.C9H9ClO4.C9H4F3NO2S.C8H6N2O7/c1-17-9-4-6(3-8(13)10(9)14)2-7(5-12)11(15)16;1-13-6-4-3-5(9(11)12)7(10)8(6)14-2;10-9(11,12)7-4(8(14)15)3-6-5(13-7)1-2-16-6;11-7(12)3-4-1-5(9(14)15)8(13)6(2-4)10(16)17/h2-4,13-14H,1H3,(H,15,16);3-4H,1-2H3,(H,11,12);1-3H,(H,14,15);1-2,13H,3H2,(H,11,12). The smallest absolute Gasteiger partial charge is 0.434 e. The first-order chi connectivity index (χ1) is 29.8. The van der Waals surface area contributed by atoms with Crippen LogP contribution in [0.25, 0.3) is 16.3 Å². The second-order valence-electron chi connectivity index (χ2n) is 11.6. The van der Waals surface area contributed by atoms with Crippen LogP contribution in [0.4, 0.5) is 24.5 Å². The molecule has 27 heteroatoms. The van der Waals surface area contributed by atoms with E-state index in [0.717, 1.165) is 41.7 Å². The van der Waals surface area contributed by atoms with Gasteiger partial charge in [0.1, 0.15) is 16.7 Å². The van der Waals surface area contributed by atoms with Gasteiger partial charge < -0.3 is 50.0 Å². The highest BCUT2D eigenvalue weighted by atomic mass is 35.5. The van der Waals surface area contributed by atoms with Gasteiger partial charge in [-0.2, -0.15) is 18.4 Å². The van der Waals surface area contributed by atoms with Crippen molar-refractivity contribution in [3.8, 4) is 40.6 Å². The minimum absolute atomic E-state index is 0.00989. The summed E-state index contributed by atoms with van der Waals surface area (Å²) in [5, 5.41) is 93.7. The summed E-state index contributed by atoms with van der Waals surface area (Å²) in [6.45, 7) is 0. The van der Waals surface area contributed by atoms with Crippen molar-refractivity contribution in [1.29, 1.82) is 5.26 Å². The molecular weight excluding hydrogens is 913 g/mol. The zero-order valence-corrected chi connectivity index (χ0v) is 33.9. The number of fused-ring (bicyclic) bond motifs is 1. The number of benzene rings is 3. The van der Waals surface area contributed by atoms with Gasteiger partial charge in [-0.25, -0.2) is 19.4 Å². The van der Waals surface area contributed by atoms with Crippen molar-refractivity contribution in [2.75, 3.05) is 21.3 Å². The maximum absolute atomic E-state index is 12.5.